The second kappa shape index (κ2) is 7.68. The van der Waals surface area contributed by atoms with E-state index in [1.54, 1.807) is 20.2 Å². The van der Waals surface area contributed by atoms with Crippen molar-refractivity contribution in [2.75, 3.05) is 33.4 Å². The number of aryl methyl sites for hydroxylation is 1. The van der Waals surface area contributed by atoms with E-state index in [0.29, 0.717) is 43.1 Å². The molecule has 3 aliphatic heterocycles. The third kappa shape index (κ3) is 3.63. The Morgan fingerprint density at radius 1 is 1.36 bits per heavy atom. The zero-order valence-corrected chi connectivity index (χ0v) is 14.9. The molecule has 7 nitrogen and oxygen atoms in total. The van der Waals surface area contributed by atoms with Crippen LogP contribution in [0.25, 0.3) is 0 Å². The first-order valence-corrected chi connectivity index (χ1v) is 8.84. The van der Waals surface area contributed by atoms with Crippen molar-refractivity contribution < 1.29 is 19.7 Å². The molecule has 138 valence electrons. The molecule has 1 amide bonds. The van der Waals surface area contributed by atoms with Gasteiger partial charge in [0.05, 0.1) is 24.8 Å². The smallest absolute Gasteiger partial charge is 0.227 e. The van der Waals surface area contributed by atoms with Gasteiger partial charge in [0.1, 0.15) is 5.75 Å². The van der Waals surface area contributed by atoms with Crippen molar-refractivity contribution in [2.24, 2.45) is 5.92 Å². The highest BCUT2D eigenvalue weighted by Gasteiger charge is 2.40. The van der Waals surface area contributed by atoms with Crippen molar-refractivity contribution in [1.29, 1.82) is 0 Å². The van der Waals surface area contributed by atoms with E-state index in [0.717, 1.165) is 19.4 Å². The van der Waals surface area contributed by atoms with Crippen LogP contribution in [0.15, 0.2) is 6.20 Å². The summed E-state index contributed by atoms with van der Waals surface area (Å²) in [6.45, 7) is 4.75. The number of carbonyl (C=O) groups is 1. The fourth-order valence-electron chi connectivity index (χ4n) is 3.96. The Bertz CT molecular complexity index is 637. The monoisotopic (exact) mass is 349 g/mol. The molecule has 0 aliphatic carbocycles. The summed E-state index contributed by atoms with van der Waals surface area (Å²) in [4.78, 5) is 21.0. The molecular weight excluding hydrogens is 322 g/mol. The number of aliphatic hydroxyl groups excluding tert-OH is 1. The third-order valence-corrected chi connectivity index (χ3v) is 5.39. The Labute approximate surface area is 148 Å². The number of methoxy groups -OCH3 is 1. The lowest BCUT2D eigenvalue weighted by molar-refractivity contribution is -0.140. The molecule has 2 atom stereocenters. The third-order valence-electron chi connectivity index (χ3n) is 5.39. The van der Waals surface area contributed by atoms with E-state index in [-0.39, 0.29) is 30.2 Å². The highest BCUT2D eigenvalue weighted by molar-refractivity contribution is 5.80. The summed E-state index contributed by atoms with van der Waals surface area (Å²) in [7, 11) is 1.65. The molecule has 7 heteroatoms. The second-order valence-electron chi connectivity index (χ2n) is 7.00. The number of piperidine rings is 1. The number of aliphatic hydroxyl groups is 1. The van der Waals surface area contributed by atoms with Gasteiger partial charge in [-0.3, -0.25) is 14.7 Å². The molecule has 3 saturated heterocycles. The molecule has 4 heterocycles. The van der Waals surface area contributed by atoms with E-state index in [1.165, 1.54) is 0 Å². The number of aromatic hydroxyl groups is 1. The maximum absolute atomic E-state index is 12.7. The predicted molar refractivity (Wildman–Crippen MR) is 91.9 cm³/mol. The number of amides is 1. The fourth-order valence-corrected chi connectivity index (χ4v) is 3.96. The summed E-state index contributed by atoms with van der Waals surface area (Å²) in [5.74, 6) is 0.359. The van der Waals surface area contributed by atoms with Gasteiger partial charge < -0.3 is 19.8 Å². The zero-order valence-electron chi connectivity index (χ0n) is 14.9. The van der Waals surface area contributed by atoms with Gasteiger partial charge in [-0.1, -0.05) is 0 Å². The van der Waals surface area contributed by atoms with Crippen molar-refractivity contribution >= 4 is 5.91 Å². The van der Waals surface area contributed by atoms with Gasteiger partial charge in [0, 0.05) is 56.7 Å². The molecule has 0 aromatic carbocycles. The molecule has 3 aliphatic rings. The highest BCUT2D eigenvalue weighted by Crippen LogP contribution is 2.32. The maximum atomic E-state index is 12.7. The molecule has 2 N–H and O–H groups in total. The van der Waals surface area contributed by atoms with Crippen LogP contribution in [-0.2, 0) is 22.7 Å². The number of nitrogens with zero attached hydrogens (tertiary/aromatic N) is 3. The van der Waals surface area contributed by atoms with Crippen molar-refractivity contribution in [3.63, 3.8) is 0 Å². The number of hydrogen-bond acceptors (Lipinski definition) is 6. The zero-order chi connectivity index (χ0) is 18.0. The lowest BCUT2D eigenvalue weighted by Gasteiger charge is -2.35. The van der Waals surface area contributed by atoms with Gasteiger partial charge in [-0.2, -0.15) is 0 Å². The van der Waals surface area contributed by atoms with Crippen LogP contribution < -0.4 is 0 Å². The fraction of sp³-hybridized carbons (Fsp3) is 0.667. The normalized spacial score (nSPS) is 24.0. The summed E-state index contributed by atoms with van der Waals surface area (Å²) < 4.78 is 5.15. The molecule has 25 heavy (non-hydrogen) atoms. The van der Waals surface area contributed by atoms with Gasteiger partial charge in [-0.25, -0.2) is 0 Å². The first kappa shape index (κ1) is 18.1. The molecule has 0 saturated carbocycles. The van der Waals surface area contributed by atoms with E-state index in [9.17, 15) is 15.0 Å². The number of fused-ring (bicyclic) bond motifs is 4. The van der Waals surface area contributed by atoms with Gasteiger partial charge in [0.2, 0.25) is 5.91 Å². The molecule has 1 aromatic heterocycles. The minimum absolute atomic E-state index is 0.00161. The summed E-state index contributed by atoms with van der Waals surface area (Å²) >= 11 is 0. The molecule has 1 aromatic rings. The number of hydrogen-bond donors (Lipinski definition) is 2. The number of aromatic nitrogens is 1. The van der Waals surface area contributed by atoms with E-state index in [4.69, 9.17) is 4.74 Å². The van der Waals surface area contributed by atoms with Crippen LogP contribution in [0.2, 0.25) is 0 Å². The Morgan fingerprint density at radius 2 is 2.16 bits per heavy atom. The molecule has 2 bridgehead atoms. The topological polar surface area (TPSA) is 86.1 Å². The summed E-state index contributed by atoms with van der Waals surface area (Å²) in [6, 6.07) is 0.184. The van der Waals surface area contributed by atoms with Crippen LogP contribution >= 0.6 is 0 Å². The van der Waals surface area contributed by atoms with Crippen molar-refractivity contribution in [3.8, 4) is 5.75 Å². The standard InChI is InChI=1S/C18H27N3O4/c1-12-17(23)16(14(11-22)7-19-12)10-20-8-13-3-4-15(9-20)21(18(13)24)5-6-25-2/h7,13,15,22-23H,3-6,8-11H2,1-2H3/t13-,15+/m1/s1. The molecular formula is C18H27N3O4. The predicted octanol–water partition coefficient (Wildman–Crippen LogP) is 0.657. The number of ether oxygens (including phenoxy) is 1. The van der Waals surface area contributed by atoms with Crippen LogP contribution in [0.3, 0.4) is 0 Å². The van der Waals surface area contributed by atoms with Crippen molar-refractivity contribution in [2.45, 2.75) is 39.0 Å². The highest BCUT2D eigenvalue weighted by atomic mass is 16.5. The van der Waals surface area contributed by atoms with Crippen LogP contribution in [0.4, 0.5) is 0 Å². The molecule has 0 spiro atoms. The van der Waals surface area contributed by atoms with Crippen LogP contribution in [0.5, 0.6) is 5.75 Å². The Morgan fingerprint density at radius 3 is 2.88 bits per heavy atom. The van der Waals surface area contributed by atoms with Crippen molar-refractivity contribution in [3.05, 3.63) is 23.0 Å². The largest absolute Gasteiger partial charge is 0.506 e. The molecule has 4 rings (SSSR count). The molecule has 0 unspecified atom stereocenters. The van der Waals surface area contributed by atoms with Crippen LogP contribution in [0, 0.1) is 12.8 Å². The average Bonchev–Trinajstić information content (AvgIpc) is 2.88. The lowest BCUT2D eigenvalue weighted by Crippen LogP contribution is -2.49. The molecule has 0 radical (unpaired) electrons. The van der Waals surface area contributed by atoms with Gasteiger partial charge in [0.15, 0.2) is 0 Å². The van der Waals surface area contributed by atoms with Gasteiger partial charge >= 0.3 is 0 Å². The summed E-state index contributed by atoms with van der Waals surface area (Å²) in [5.41, 5.74) is 1.91. The van der Waals surface area contributed by atoms with Gasteiger partial charge in [0.25, 0.3) is 0 Å². The maximum Gasteiger partial charge on any atom is 0.227 e. The minimum atomic E-state index is -0.157. The second-order valence-corrected chi connectivity index (χ2v) is 7.00. The van der Waals surface area contributed by atoms with E-state index >= 15 is 0 Å². The summed E-state index contributed by atoms with van der Waals surface area (Å²) in [5, 5.41) is 20.0. The molecule has 3 fully saturated rings. The summed E-state index contributed by atoms with van der Waals surface area (Å²) in [6.07, 6.45) is 3.54. The van der Waals surface area contributed by atoms with Gasteiger partial charge in [-0.05, 0) is 19.8 Å². The SMILES string of the molecule is COCCN1C(=O)[C@@H]2CC[C@H]1CN(Cc1c(CO)cnc(C)c1O)C2. The van der Waals surface area contributed by atoms with Gasteiger partial charge in [-0.15, -0.1) is 0 Å². The van der Waals surface area contributed by atoms with E-state index in [2.05, 4.69) is 9.88 Å². The minimum Gasteiger partial charge on any atom is -0.506 e. The van der Waals surface area contributed by atoms with E-state index < -0.39 is 0 Å². The van der Waals surface area contributed by atoms with E-state index in [1.807, 2.05) is 4.90 Å². The first-order valence-electron chi connectivity index (χ1n) is 8.84. The number of rotatable bonds is 6. The average molecular weight is 349 g/mol. The first-order chi connectivity index (χ1) is 12.0. The quantitative estimate of drug-likeness (QED) is 0.785. The Hall–Kier alpha value is -1.70. The lowest BCUT2D eigenvalue weighted by atomic mass is 9.94. The number of pyridine rings is 1. The van der Waals surface area contributed by atoms with Crippen molar-refractivity contribution in [1.82, 2.24) is 14.8 Å². The Kier molecular flexibility index (Phi) is 5.56. The Balaban J connectivity index is 1.80. The number of carbonyl (C=O) groups excluding carboxylic acids is 1. The van der Waals surface area contributed by atoms with Crippen LogP contribution in [0.1, 0.15) is 29.7 Å². The van der Waals surface area contributed by atoms with Crippen LogP contribution in [-0.4, -0.2) is 70.3 Å².